The molecule has 1 aromatic carbocycles. The van der Waals surface area contributed by atoms with Gasteiger partial charge in [-0.15, -0.1) is 0 Å². The van der Waals surface area contributed by atoms with Gasteiger partial charge < -0.3 is 10.6 Å². The van der Waals surface area contributed by atoms with Crippen molar-refractivity contribution in [3.63, 3.8) is 0 Å². The van der Waals surface area contributed by atoms with Gasteiger partial charge in [-0.25, -0.2) is 0 Å². The number of aryl methyl sites for hydroxylation is 2. The molecule has 0 aromatic heterocycles. The van der Waals surface area contributed by atoms with Crippen LogP contribution in [0.3, 0.4) is 0 Å². The molecule has 1 saturated carbocycles. The summed E-state index contributed by atoms with van der Waals surface area (Å²) in [6, 6.07) is 6.23. The van der Waals surface area contributed by atoms with E-state index in [0.29, 0.717) is 13.1 Å². The fourth-order valence-electron chi connectivity index (χ4n) is 2.15. The van der Waals surface area contributed by atoms with Gasteiger partial charge in [-0.3, -0.25) is 4.79 Å². The van der Waals surface area contributed by atoms with E-state index in [4.69, 9.17) is 5.73 Å². The minimum absolute atomic E-state index is 0.237. The fraction of sp³-hybridized carbons (Fsp3) is 0.500. The summed E-state index contributed by atoms with van der Waals surface area (Å²) in [5.74, 6) is 0.475. The van der Waals surface area contributed by atoms with E-state index >= 15 is 0 Å². The highest BCUT2D eigenvalue weighted by molar-refractivity contribution is 5.96. The lowest BCUT2D eigenvalue weighted by Crippen LogP contribution is -2.36. The number of carbonyl (C=O) groups excluding carboxylic acids is 1. The predicted molar refractivity (Wildman–Crippen MR) is 70.0 cm³/mol. The molecule has 1 amide bonds. The van der Waals surface area contributed by atoms with Crippen LogP contribution in [0.4, 0.5) is 5.69 Å². The molecular weight excluding hydrogens is 212 g/mol. The summed E-state index contributed by atoms with van der Waals surface area (Å²) < 4.78 is 0. The Labute approximate surface area is 103 Å². The molecule has 0 radical (unpaired) electrons. The molecule has 0 spiro atoms. The van der Waals surface area contributed by atoms with Crippen LogP contribution in [0.1, 0.15) is 24.0 Å². The maximum atomic E-state index is 12.2. The average molecular weight is 232 g/mol. The van der Waals surface area contributed by atoms with E-state index in [1.807, 2.05) is 4.90 Å². The molecule has 1 fully saturated rings. The van der Waals surface area contributed by atoms with Crippen molar-refractivity contribution in [2.24, 2.45) is 11.7 Å². The molecule has 0 saturated heterocycles. The standard InChI is InChI=1S/C14H20N2O/c1-10-7-11(2)9-13(8-10)16(6-5-15)14(17)12-3-4-12/h7-9,12H,3-6,15H2,1-2H3. The topological polar surface area (TPSA) is 46.3 Å². The molecule has 92 valence electrons. The Bertz CT molecular complexity index is 404. The highest BCUT2D eigenvalue weighted by Crippen LogP contribution is 2.33. The molecule has 0 heterocycles. The van der Waals surface area contributed by atoms with Gasteiger partial charge in [0.1, 0.15) is 0 Å². The minimum atomic E-state index is 0.237. The van der Waals surface area contributed by atoms with Crippen molar-refractivity contribution in [1.82, 2.24) is 0 Å². The third-order valence-electron chi connectivity index (χ3n) is 3.06. The van der Waals surface area contributed by atoms with Gasteiger partial charge in [0.05, 0.1) is 0 Å². The van der Waals surface area contributed by atoms with Crippen molar-refractivity contribution in [1.29, 1.82) is 0 Å². The Hall–Kier alpha value is -1.35. The molecule has 2 rings (SSSR count). The van der Waals surface area contributed by atoms with Crippen LogP contribution in [0.25, 0.3) is 0 Å². The summed E-state index contributed by atoms with van der Waals surface area (Å²) in [5.41, 5.74) is 8.97. The zero-order valence-electron chi connectivity index (χ0n) is 10.6. The van der Waals surface area contributed by atoms with Gasteiger partial charge in [0, 0.05) is 24.7 Å². The number of amides is 1. The third kappa shape index (κ3) is 2.86. The van der Waals surface area contributed by atoms with Crippen LogP contribution in [-0.2, 0) is 4.79 Å². The van der Waals surface area contributed by atoms with Crippen molar-refractivity contribution in [2.75, 3.05) is 18.0 Å². The average Bonchev–Trinajstić information content (AvgIpc) is 3.07. The van der Waals surface area contributed by atoms with Crippen molar-refractivity contribution in [3.8, 4) is 0 Å². The van der Waals surface area contributed by atoms with Crippen molar-refractivity contribution < 1.29 is 4.79 Å². The largest absolute Gasteiger partial charge is 0.329 e. The third-order valence-corrected chi connectivity index (χ3v) is 3.06. The molecule has 0 unspecified atom stereocenters. The number of anilines is 1. The highest BCUT2D eigenvalue weighted by Gasteiger charge is 2.33. The first-order valence-electron chi connectivity index (χ1n) is 6.21. The van der Waals surface area contributed by atoms with Gasteiger partial charge in [0.15, 0.2) is 0 Å². The summed E-state index contributed by atoms with van der Waals surface area (Å²) >= 11 is 0. The second-order valence-corrected chi connectivity index (χ2v) is 4.90. The Morgan fingerprint density at radius 3 is 2.35 bits per heavy atom. The lowest BCUT2D eigenvalue weighted by atomic mass is 10.1. The van der Waals surface area contributed by atoms with E-state index in [9.17, 15) is 4.79 Å². The van der Waals surface area contributed by atoms with Gasteiger partial charge in [-0.05, 0) is 49.9 Å². The fourth-order valence-corrected chi connectivity index (χ4v) is 2.15. The molecule has 17 heavy (non-hydrogen) atoms. The molecule has 3 heteroatoms. The van der Waals surface area contributed by atoms with Crippen LogP contribution in [0, 0.1) is 19.8 Å². The molecule has 3 nitrogen and oxygen atoms in total. The van der Waals surface area contributed by atoms with Gasteiger partial charge in [0.25, 0.3) is 0 Å². The number of carbonyl (C=O) groups is 1. The Morgan fingerprint density at radius 2 is 1.88 bits per heavy atom. The zero-order chi connectivity index (χ0) is 12.4. The van der Waals surface area contributed by atoms with Crippen molar-refractivity contribution >= 4 is 11.6 Å². The zero-order valence-corrected chi connectivity index (χ0v) is 10.6. The summed E-state index contributed by atoms with van der Waals surface area (Å²) in [5, 5.41) is 0. The number of nitrogens with two attached hydrogens (primary N) is 1. The van der Waals surface area contributed by atoms with E-state index in [2.05, 4.69) is 32.0 Å². The SMILES string of the molecule is Cc1cc(C)cc(N(CCN)C(=O)C2CC2)c1. The van der Waals surface area contributed by atoms with Crippen LogP contribution >= 0.6 is 0 Å². The van der Waals surface area contributed by atoms with Crippen molar-refractivity contribution in [3.05, 3.63) is 29.3 Å². The lowest BCUT2D eigenvalue weighted by molar-refractivity contribution is -0.119. The van der Waals surface area contributed by atoms with Crippen molar-refractivity contribution in [2.45, 2.75) is 26.7 Å². The molecular formula is C14H20N2O. The molecule has 0 atom stereocenters. The maximum Gasteiger partial charge on any atom is 0.230 e. The van der Waals surface area contributed by atoms with Crippen LogP contribution in [0.5, 0.6) is 0 Å². The molecule has 0 aliphatic heterocycles. The van der Waals surface area contributed by atoms with Gasteiger partial charge >= 0.3 is 0 Å². The molecule has 2 N–H and O–H groups in total. The van der Waals surface area contributed by atoms with E-state index in [1.54, 1.807) is 0 Å². The van der Waals surface area contributed by atoms with Crippen LogP contribution in [0.2, 0.25) is 0 Å². The second kappa shape index (κ2) is 4.88. The summed E-state index contributed by atoms with van der Waals surface area (Å²) in [4.78, 5) is 14.0. The van der Waals surface area contributed by atoms with E-state index < -0.39 is 0 Å². The first kappa shape index (κ1) is 12.1. The van der Waals surface area contributed by atoms with Gasteiger partial charge in [-0.2, -0.15) is 0 Å². The second-order valence-electron chi connectivity index (χ2n) is 4.90. The van der Waals surface area contributed by atoms with Crippen LogP contribution < -0.4 is 10.6 Å². The Balaban J connectivity index is 2.27. The number of benzene rings is 1. The maximum absolute atomic E-state index is 12.2. The number of hydrogen-bond donors (Lipinski definition) is 1. The van der Waals surface area contributed by atoms with E-state index in [0.717, 1.165) is 18.5 Å². The molecule has 0 bridgehead atoms. The summed E-state index contributed by atoms with van der Waals surface area (Å²) in [7, 11) is 0. The van der Waals surface area contributed by atoms with E-state index in [1.165, 1.54) is 11.1 Å². The quantitative estimate of drug-likeness (QED) is 0.863. The summed E-state index contributed by atoms with van der Waals surface area (Å²) in [6.45, 7) is 5.22. The number of rotatable bonds is 4. The molecule has 1 aliphatic carbocycles. The smallest absolute Gasteiger partial charge is 0.230 e. The number of nitrogens with zero attached hydrogens (tertiary/aromatic N) is 1. The van der Waals surface area contributed by atoms with Gasteiger partial charge in [0.2, 0.25) is 5.91 Å². The summed E-state index contributed by atoms with van der Waals surface area (Å²) in [6.07, 6.45) is 2.06. The minimum Gasteiger partial charge on any atom is -0.329 e. The monoisotopic (exact) mass is 232 g/mol. The first-order valence-corrected chi connectivity index (χ1v) is 6.21. The first-order chi connectivity index (χ1) is 8.11. The van der Waals surface area contributed by atoms with Gasteiger partial charge in [-0.1, -0.05) is 6.07 Å². The molecule has 1 aromatic rings. The van der Waals surface area contributed by atoms with Crippen LogP contribution in [0.15, 0.2) is 18.2 Å². The number of hydrogen-bond acceptors (Lipinski definition) is 2. The van der Waals surface area contributed by atoms with Crippen LogP contribution in [-0.4, -0.2) is 19.0 Å². The molecule has 1 aliphatic rings. The van der Waals surface area contributed by atoms with E-state index in [-0.39, 0.29) is 11.8 Å². The Kier molecular flexibility index (Phi) is 3.48. The predicted octanol–water partition coefficient (Wildman–Crippen LogP) is 2.01. The normalized spacial score (nSPS) is 14.8. The highest BCUT2D eigenvalue weighted by atomic mass is 16.2. The lowest BCUT2D eigenvalue weighted by Gasteiger charge is -2.23. The Morgan fingerprint density at radius 1 is 1.29 bits per heavy atom.